The van der Waals surface area contributed by atoms with Gasteiger partial charge in [0.05, 0.1) is 23.6 Å². The Balaban J connectivity index is 1.66. The summed E-state index contributed by atoms with van der Waals surface area (Å²) in [6.07, 6.45) is 0. The van der Waals surface area contributed by atoms with Gasteiger partial charge in [0, 0.05) is 11.4 Å². The van der Waals surface area contributed by atoms with E-state index >= 15 is 0 Å². The predicted molar refractivity (Wildman–Crippen MR) is 140 cm³/mol. The second-order valence-electron chi connectivity index (χ2n) is 8.24. The quantitative estimate of drug-likeness (QED) is 0.331. The van der Waals surface area contributed by atoms with Crippen LogP contribution in [-0.2, 0) is 0 Å². The number of benzene rings is 2. The van der Waals surface area contributed by atoms with Crippen LogP contribution in [0.2, 0.25) is 0 Å². The van der Waals surface area contributed by atoms with Crippen LogP contribution in [-0.4, -0.2) is 22.4 Å². The summed E-state index contributed by atoms with van der Waals surface area (Å²) in [5, 5.41) is 10.4. The Labute approximate surface area is 207 Å². The van der Waals surface area contributed by atoms with Crippen LogP contribution in [0.25, 0.3) is 16.3 Å². The van der Waals surface area contributed by atoms with Crippen molar-refractivity contribution in [1.82, 2.24) is 15.5 Å². The van der Waals surface area contributed by atoms with E-state index in [4.69, 9.17) is 26.5 Å². The number of methoxy groups -OCH3 is 1. The van der Waals surface area contributed by atoms with Crippen LogP contribution in [0.1, 0.15) is 35.5 Å². The Kier molecular flexibility index (Phi) is 5.93. The number of ether oxygens (including phenoxy) is 1. The van der Waals surface area contributed by atoms with E-state index in [-0.39, 0.29) is 6.04 Å². The van der Waals surface area contributed by atoms with E-state index in [1.807, 2.05) is 53.6 Å². The Bertz CT molecular complexity index is 1350. The lowest BCUT2D eigenvalue weighted by Crippen LogP contribution is -2.46. The lowest BCUT2D eigenvalue weighted by atomic mass is 9.94. The molecule has 8 heteroatoms. The summed E-state index contributed by atoms with van der Waals surface area (Å²) in [5.74, 6) is 1.83. The third kappa shape index (κ3) is 4.10. The van der Waals surface area contributed by atoms with Crippen molar-refractivity contribution < 1.29 is 9.26 Å². The predicted octanol–water partition coefficient (Wildman–Crippen LogP) is 6.29. The van der Waals surface area contributed by atoms with Gasteiger partial charge in [-0.05, 0) is 85.4 Å². The molecular formula is C26H24N4O2S2. The van der Waals surface area contributed by atoms with E-state index in [0.717, 1.165) is 33.1 Å². The minimum absolute atomic E-state index is 0.253. The molecular weight excluding hydrogens is 464 g/mol. The highest BCUT2D eigenvalue weighted by Crippen LogP contribution is 2.40. The Morgan fingerprint density at radius 2 is 1.79 bits per heavy atom. The molecule has 1 N–H and O–H groups in total. The first-order chi connectivity index (χ1) is 16.4. The summed E-state index contributed by atoms with van der Waals surface area (Å²) in [7, 11) is 1.66. The number of aromatic nitrogens is 2. The van der Waals surface area contributed by atoms with Gasteiger partial charge in [0.1, 0.15) is 5.75 Å². The molecule has 0 saturated carbocycles. The van der Waals surface area contributed by atoms with Gasteiger partial charge in [0.25, 0.3) is 5.89 Å². The third-order valence-electron chi connectivity index (χ3n) is 5.80. The number of nitrogens with one attached hydrogen (secondary N) is 1. The molecule has 2 aromatic heterocycles. The molecule has 1 atom stereocenters. The van der Waals surface area contributed by atoms with Crippen LogP contribution in [0.3, 0.4) is 0 Å². The maximum atomic E-state index is 5.86. The molecule has 0 fully saturated rings. The first-order valence-electron chi connectivity index (χ1n) is 10.9. The second kappa shape index (κ2) is 9.04. The Morgan fingerprint density at radius 1 is 1.06 bits per heavy atom. The van der Waals surface area contributed by atoms with Crippen LogP contribution >= 0.6 is 23.6 Å². The zero-order valence-corrected chi connectivity index (χ0v) is 21.0. The highest BCUT2D eigenvalue weighted by Gasteiger charge is 2.35. The van der Waals surface area contributed by atoms with Gasteiger partial charge in [-0.3, -0.25) is 4.90 Å². The van der Waals surface area contributed by atoms with E-state index in [1.54, 1.807) is 18.4 Å². The van der Waals surface area contributed by atoms with Crippen molar-refractivity contribution in [3.05, 3.63) is 88.3 Å². The first-order valence-corrected chi connectivity index (χ1v) is 12.1. The molecule has 0 bridgehead atoms. The molecule has 3 heterocycles. The van der Waals surface area contributed by atoms with Crippen LogP contribution < -0.4 is 15.0 Å². The van der Waals surface area contributed by atoms with Crippen molar-refractivity contribution in [2.24, 2.45) is 0 Å². The summed E-state index contributed by atoms with van der Waals surface area (Å²) in [6.45, 7) is 6.22. The zero-order chi connectivity index (χ0) is 23.8. The largest absolute Gasteiger partial charge is 0.497 e. The molecule has 5 rings (SSSR count). The lowest BCUT2D eigenvalue weighted by molar-refractivity contribution is 0.404. The fourth-order valence-corrected chi connectivity index (χ4v) is 5.31. The van der Waals surface area contributed by atoms with Gasteiger partial charge in [0.2, 0.25) is 5.82 Å². The number of nitrogens with zero attached hydrogens (tertiary/aromatic N) is 3. The average molecular weight is 489 g/mol. The Hall–Kier alpha value is -3.49. The topological polar surface area (TPSA) is 63.4 Å². The number of allylic oxidation sites excluding steroid dienone is 1. The number of hydrogen-bond donors (Lipinski definition) is 1. The standard InChI is InChI=1S/C26H24N4O2S2/c1-15-12-16(2)14-19(13-15)30-17(3)22(25-28-24(29-32-25)21-6-5-11-34-21)23(27-26(30)33)18-7-9-20(31-4)10-8-18/h5-14,23H,1-4H3,(H,27,33). The molecule has 1 unspecified atom stereocenters. The van der Waals surface area contributed by atoms with Crippen LogP contribution in [0.4, 0.5) is 5.69 Å². The van der Waals surface area contributed by atoms with E-state index in [0.29, 0.717) is 16.8 Å². The second-order valence-corrected chi connectivity index (χ2v) is 9.57. The molecule has 4 aromatic rings. The molecule has 172 valence electrons. The summed E-state index contributed by atoms with van der Waals surface area (Å²) < 4.78 is 11.2. The molecule has 0 amide bonds. The maximum absolute atomic E-state index is 5.86. The maximum Gasteiger partial charge on any atom is 0.258 e. The summed E-state index contributed by atoms with van der Waals surface area (Å²) >= 11 is 7.44. The van der Waals surface area contributed by atoms with Crippen molar-refractivity contribution in [3.8, 4) is 16.5 Å². The van der Waals surface area contributed by atoms with Gasteiger partial charge in [-0.2, -0.15) is 4.98 Å². The van der Waals surface area contributed by atoms with Crippen molar-refractivity contribution in [1.29, 1.82) is 0 Å². The van der Waals surface area contributed by atoms with Crippen molar-refractivity contribution in [2.45, 2.75) is 26.8 Å². The van der Waals surface area contributed by atoms with Crippen molar-refractivity contribution >= 4 is 39.9 Å². The van der Waals surface area contributed by atoms with E-state index in [1.165, 1.54) is 11.1 Å². The van der Waals surface area contributed by atoms with E-state index in [2.05, 4.69) is 42.5 Å². The normalized spacial score (nSPS) is 16.1. The average Bonchev–Trinajstić information content (AvgIpc) is 3.50. The van der Waals surface area contributed by atoms with E-state index < -0.39 is 0 Å². The number of anilines is 1. The van der Waals surface area contributed by atoms with Gasteiger partial charge in [-0.25, -0.2) is 0 Å². The molecule has 0 radical (unpaired) electrons. The molecule has 1 aliphatic rings. The highest BCUT2D eigenvalue weighted by atomic mass is 32.1. The molecule has 34 heavy (non-hydrogen) atoms. The van der Waals surface area contributed by atoms with Gasteiger partial charge in [-0.15, -0.1) is 11.3 Å². The summed E-state index contributed by atoms with van der Waals surface area (Å²) in [6, 6.07) is 18.0. The van der Waals surface area contributed by atoms with Crippen molar-refractivity contribution in [3.63, 3.8) is 0 Å². The number of aryl methyl sites for hydroxylation is 2. The SMILES string of the molecule is COc1ccc(C2NC(=S)N(c3cc(C)cc(C)c3)C(C)=C2c2nc(-c3cccs3)no2)cc1. The molecule has 1 aliphatic heterocycles. The Morgan fingerprint density at radius 3 is 2.44 bits per heavy atom. The van der Waals surface area contributed by atoms with Gasteiger partial charge < -0.3 is 14.6 Å². The minimum Gasteiger partial charge on any atom is -0.497 e. The monoisotopic (exact) mass is 488 g/mol. The minimum atomic E-state index is -0.253. The summed E-state index contributed by atoms with van der Waals surface area (Å²) in [5.41, 5.74) is 6.18. The van der Waals surface area contributed by atoms with Crippen LogP contribution in [0, 0.1) is 13.8 Å². The fraction of sp³-hybridized carbons (Fsp3) is 0.192. The number of thiophene rings is 1. The number of hydrogen-bond acceptors (Lipinski definition) is 6. The summed E-state index contributed by atoms with van der Waals surface area (Å²) in [4.78, 5) is 7.76. The van der Waals surface area contributed by atoms with Gasteiger partial charge >= 0.3 is 0 Å². The number of rotatable bonds is 5. The molecule has 0 saturated heterocycles. The molecule has 2 aromatic carbocycles. The lowest BCUT2D eigenvalue weighted by Gasteiger charge is -2.37. The first kappa shape index (κ1) is 22.3. The third-order valence-corrected chi connectivity index (χ3v) is 6.96. The molecule has 0 spiro atoms. The smallest absolute Gasteiger partial charge is 0.258 e. The van der Waals surface area contributed by atoms with Crippen LogP contribution in [0.5, 0.6) is 5.75 Å². The number of thiocarbonyl (C=S) groups is 1. The van der Waals surface area contributed by atoms with E-state index in [9.17, 15) is 0 Å². The van der Waals surface area contributed by atoms with Gasteiger partial charge in [0.15, 0.2) is 5.11 Å². The van der Waals surface area contributed by atoms with Crippen molar-refractivity contribution in [2.75, 3.05) is 12.0 Å². The molecule has 0 aliphatic carbocycles. The fourth-order valence-electron chi connectivity index (χ4n) is 4.30. The zero-order valence-electron chi connectivity index (χ0n) is 19.3. The highest BCUT2D eigenvalue weighted by molar-refractivity contribution is 7.80. The molecule has 6 nitrogen and oxygen atoms in total. The van der Waals surface area contributed by atoms with Crippen LogP contribution in [0.15, 0.2) is 70.2 Å². The van der Waals surface area contributed by atoms with Gasteiger partial charge in [-0.1, -0.05) is 29.4 Å².